The Balaban J connectivity index is 1.62. The molecule has 4 nitrogen and oxygen atoms in total. The molecule has 2 aliphatic heterocycles. The van der Waals surface area contributed by atoms with Gasteiger partial charge in [0.15, 0.2) is 0 Å². The van der Waals surface area contributed by atoms with E-state index in [0.29, 0.717) is 12.1 Å². The number of aryl methyl sites for hydroxylation is 1. The van der Waals surface area contributed by atoms with Crippen molar-refractivity contribution in [2.24, 2.45) is 0 Å². The third-order valence-corrected chi connectivity index (χ3v) is 4.91. The second-order valence-corrected chi connectivity index (χ2v) is 6.31. The summed E-state index contributed by atoms with van der Waals surface area (Å²) in [6, 6.07) is 6.87. The summed E-state index contributed by atoms with van der Waals surface area (Å²) in [5, 5.41) is 6.36. The highest BCUT2D eigenvalue weighted by atomic mass is 16.1. The van der Waals surface area contributed by atoms with Gasteiger partial charge >= 0.3 is 0 Å². The summed E-state index contributed by atoms with van der Waals surface area (Å²) in [5.41, 5.74) is 2.95. The molecule has 4 heteroatoms. The Hall–Kier alpha value is -1.55. The molecule has 114 valence electrons. The number of nitrogens with one attached hydrogen (secondary N) is 2. The third-order valence-electron chi connectivity index (χ3n) is 4.91. The van der Waals surface area contributed by atoms with Gasteiger partial charge in [-0.1, -0.05) is 0 Å². The first-order valence-corrected chi connectivity index (χ1v) is 8.00. The lowest BCUT2D eigenvalue weighted by Gasteiger charge is -2.35. The van der Waals surface area contributed by atoms with Crippen molar-refractivity contribution in [3.05, 3.63) is 29.3 Å². The molecule has 2 unspecified atom stereocenters. The van der Waals surface area contributed by atoms with Crippen LogP contribution in [0.2, 0.25) is 0 Å². The molecule has 2 fully saturated rings. The van der Waals surface area contributed by atoms with Gasteiger partial charge in [-0.05, 0) is 62.9 Å². The molecule has 2 atom stereocenters. The number of hydrogen-bond donors (Lipinski definition) is 2. The zero-order chi connectivity index (χ0) is 14.8. The minimum atomic E-state index is 0.0669. The Morgan fingerprint density at radius 2 is 2.14 bits per heavy atom. The topological polar surface area (TPSA) is 44.4 Å². The summed E-state index contributed by atoms with van der Waals surface area (Å²) in [5.74, 6) is 0.0669. The first-order valence-electron chi connectivity index (χ1n) is 8.00. The van der Waals surface area contributed by atoms with Crippen LogP contribution in [-0.2, 0) is 0 Å². The van der Waals surface area contributed by atoms with Crippen LogP contribution in [0, 0.1) is 6.92 Å². The summed E-state index contributed by atoms with van der Waals surface area (Å²) in [6.07, 6.45) is 4.80. The molecule has 21 heavy (non-hydrogen) atoms. The smallest absolute Gasteiger partial charge is 0.251 e. The summed E-state index contributed by atoms with van der Waals surface area (Å²) in [4.78, 5) is 15.0. The van der Waals surface area contributed by atoms with Crippen LogP contribution in [0.25, 0.3) is 0 Å². The van der Waals surface area contributed by atoms with Crippen molar-refractivity contribution >= 4 is 11.6 Å². The molecule has 0 saturated carbocycles. The van der Waals surface area contributed by atoms with E-state index in [1.807, 2.05) is 32.2 Å². The normalized spacial score (nSPS) is 25.4. The van der Waals surface area contributed by atoms with Gasteiger partial charge in [0.25, 0.3) is 5.91 Å². The van der Waals surface area contributed by atoms with Crippen LogP contribution in [0.4, 0.5) is 5.69 Å². The number of hydrogen-bond acceptors (Lipinski definition) is 3. The van der Waals surface area contributed by atoms with Gasteiger partial charge in [-0.25, -0.2) is 0 Å². The number of fused-ring (bicyclic) bond motifs is 1. The van der Waals surface area contributed by atoms with Crippen molar-refractivity contribution in [1.29, 1.82) is 0 Å². The molecule has 2 aliphatic rings. The fourth-order valence-electron chi connectivity index (χ4n) is 3.71. The van der Waals surface area contributed by atoms with Crippen molar-refractivity contribution in [3.63, 3.8) is 0 Å². The number of anilines is 1. The van der Waals surface area contributed by atoms with Crippen molar-refractivity contribution in [3.8, 4) is 0 Å². The summed E-state index contributed by atoms with van der Waals surface area (Å²) in [7, 11) is 1.90. The molecule has 0 bridgehead atoms. The maximum Gasteiger partial charge on any atom is 0.251 e. The van der Waals surface area contributed by atoms with Gasteiger partial charge in [0.05, 0.1) is 0 Å². The SMILES string of the molecule is CNc1ccc(C(=O)NC2CCN3CCCC3C2)cc1C. The predicted molar refractivity (Wildman–Crippen MR) is 85.8 cm³/mol. The number of carbonyl (C=O) groups is 1. The zero-order valence-corrected chi connectivity index (χ0v) is 13.0. The van der Waals surface area contributed by atoms with E-state index in [-0.39, 0.29) is 5.91 Å². The number of amides is 1. The lowest BCUT2D eigenvalue weighted by atomic mass is 9.97. The molecule has 0 radical (unpaired) electrons. The van der Waals surface area contributed by atoms with E-state index < -0.39 is 0 Å². The van der Waals surface area contributed by atoms with E-state index >= 15 is 0 Å². The second-order valence-electron chi connectivity index (χ2n) is 6.31. The predicted octanol–water partition coefficient (Wildman–Crippen LogP) is 2.39. The summed E-state index contributed by atoms with van der Waals surface area (Å²) in [6.45, 7) is 4.41. The Bertz CT molecular complexity index is 529. The average molecular weight is 287 g/mol. The number of piperidine rings is 1. The highest BCUT2D eigenvalue weighted by Gasteiger charge is 2.32. The van der Waals surface area contributed by atoms with Crippen molar-refractivity contribution < 1.29 is 4.79 Å². The van der Waals surface area contributed by atoms with Crippen molar-refractivity contribution in [2.45, 2.75) is 44.7 Å². The number of benzene rings is 1. The van der Waals surface area contributed by atoms with Crippen LogP contribution in [0.1, 0.15) is 41.6 Å². The fourth-order valence-corrected chi connectivity index (χ4v) is 3.71. The molecule has 2 saturated heterocycles. The molecule has 3 rings (SSSR count). The lowest BCUT2D eigenvalue weighted by molar-refractivity contribution is 0.0896. The maximum absolute atomic E-state index is 12.4. The van der Waals surface area contributed by atoms with Gasteiger partial charge in [-0.15, -0.1) is 0 Å². The van der Waals surface area contributed by atoms with Crippen LogP contribution >= 0.6 is 0 Å². The monoisotopic (exact) mass is 287 g/mol. The van der Waals surface area contributed by atoms with Gasteiger partial charge in [-0.2, -0.15) is 0 Å². The van der Waals surface area contributed by atoms with Gasteiger partial charge < -0.3 is 15.5 Å². The highest BCUT2D eigenvalue weighted by Crippen LogP contribution is 2.27. The molecule has 1 aromatic carbocycles. The van der Waals surface area contributed by atoms with E-state index in [1.54, 1.807) is 0 Å². The highest BCUT2D eigenvalue weighted by molar-refractivity contribution is 5.95. The average Bonchev–Trinajstić information content (AvgIpc) is 2.94. The number of rotatable bonds is 3. The van der Waals surface area contributed by atoms with Gasteiger partial charge in [0.1, 0.15) is 0 Å². The molecular weight excluding hydrogens is 262 g/mol. The zero-order valence-electron chi connectivity index (χ0n) is 13.0. The molecule has 0 spiro atoms. The molecule has 1 aromatic rings. The van der Waals surface area contributed by atoms with E-state index in [1.165, 1.54) is 19.4 Å². The first-order chi connectivity index (χ1) is 10.2. The van der Waals surface area contributed by atoms with Gasteiger partial charge in [-0.3, -0.25) is 4.79 Å². The maximum atomic E-state index is 12.4. The van der Waals surface area contributed by atoms with E-state index in [0.717, 1.165) is 36.2 Å². The first kappa shape index (κ1) is 14.4. The van der Waals surface area contributed by atoms with Gasteiger partial charge in [0.2, 0.25) is 0 Å². The quantitative estimate of drug-likeness (QED) is 0.897. The molecule has 0 aliphatic carbocycles. The second kappa shape index (κ2) is 6.06. The summed E-state index contributed by atoms with van der Waals surface area (Å²) >= 11 is 0. The minimum absolute atomic E-state index is 0.0669. The van der Waals surface area contributed by atoms with Crippen molar-refractivity contribution in [1.82, 2.24) is 10.2 Å². The number of carbonyl (C=O) groups excluding carboxylic acids is 1. The van der Waals surface area contributed by atoms with Crippen molar-refractivity contribution in [2.75, 3.05) is 25.5 Å². The molecule has 2 N–H and O–H groups in total. The third kappa shape index (κ3) is 3.05. The largest absolute Gasteiger partial charge is 0.388 e. The fraction of sp³-hybridized carbons (Fsp3) is 0.588. The molecule has 0 aromatic heterocycles. The van der Waals surface area contributed by atoms with E-state index in [2.05, 4.69) is 15.5 Å². The Morgan fingerprint density at radius 1 is 1.29 bits per heavy atom. The van der Waals surface area contributed by atoms with Crippen LogP contribution in [0.5, 0.6) is 0 Å². The molecular formula is C17H25N3O. The van der Waals surface area contributed by atoms with Crippen LogP contribution in [0.15, 0.2) is 18.2 Å². The van der Waals surface area contributed by atoms with Crippen LogP contribution in [-0.4, -0.2) is 43.0 Å². The van der Waals surface area contributed by atoms with Crippen LogP contribution in [0.3, 0.4) is 0 Å². The molecule has 1 amide bonds. The Kier molecular flexibility index (Phi) is 4.15. The number of nitrogens with zero attached hydrogens (tertiary/aromatic N) is 1. The standard InChI is InChI=1S/C17H25N3O/c1-12-10-13(5-6-16(12)18-2)17(21)19-14-7-9-20-8-3-4-15(20)11-14/h5-6,10,14-15,18H,3-4,7-9,11H2,1-2H3,(H,19,21). The van der Waals surface area contributed by atoms with Crippen LogP contribution < -0.4 is 10.6 Å². The minimum Gasteiger partial charge on any atom is -0.388 e. The van der Waals surface area contributed by atoms with E-state index in [4.69, 9.17) is 0 Å². The molecule has 2 heterocycles. The Labute approximate surface area is 126 Å². The summed E-state index contributed by atoms with van der Waals surface area (Å²) < 4.78 is 0. The lowest BCUT2D eigenvalue weighted by Crippen LogP contribution is -2.47. The van der Waals surface area contributed by atoms with Gasteiger partial charge in [0, 0.05) is 36.9 Å². The Morgan fingerprint density at radius 3 is 2.90 bits per heavy atom. The van der Waals surface area contributed by atoms with E-state index in [9.17, 15) is 4.79 Å².